The maximum atomic E-state index is 9.85. The van der Waals surface area contributed by atoms with E-state index in [0.717, 1.165) is 0 Å². The van der Waals surface area contributed by atoms with E-state index in [9.17, 15) is 4.79 Å². The first kappa shape index (κ1) is 10.7. The van der Waals surface area contributed by atoms with Gasteiger partial charge in [0.05, 0.1) is 0 Å². The van der Waals surface area contributed by atoms with Crippen LogP contribution in [0.15, 0.2) is 0 Å². The molecule has 5 nitrogen and oxygen atoms in total. The minimum Gasteiger partial charge on any atom is -0.483 e. The van der Waals surface area contributed by atoms with Crippen LogP contribution in [0.2, 0.25) is 0 Å². The van der Waals surface area contributed by atoms with Crippen molar-refractivity contribution in [1.82, 2.24) is 4.90 Å². The van der Waals surface area contributed by atoms with Gasteiger partial charge in [0.25, 0.3) is 6.47 Å². The molecule has 5 heteroatoms. The highest BCUT2D eigenvalue weighted by Crippen LogP contribution is 1.65. The molecular formula is C4H10N2O3. The maximum absolute atomic E-state index is 9.85. The average Bonchev–Trinajstić information content (AvgIpc) is 1.68. The molecule has 0 aromatic rings. The van der Waals surface area contributed by atoms with E-state index in [1.807, 2.05) is 0 Å². The number of carbonyl (C=O) groups excluding carboxylic acids is 1. The molecule has 54 valence electrons. The molecule has 0 radical (unpaired) electrons. The number of nitrogens with zero attached hydrogens (tertiary/aromatic N) is 1. The zero-order chi connectivity index (χ0) is 7.86. The largest absolute Gasteiger partial charge is 0.483 e. The lowest BCUT2D eigenvalue weighted by Gasteiger charge is -2.01. The Balaban J connectivity index is 0. The molecule has 0 saturated heterocycles. The summed E-state index contributed by atoms with van der Waals surface area (Å²) in [5, 5.41) is 6.89. The number of nitrogens with two attached hydrogens (primary N) is 1. The summed E-state index contributed by atoms with van der Waals surface area (Å²) in [5.74, 6) is 0. The number of urea groups is 1. The van der Waals surface area contributed by atoms with Crippen LogP contribution < -0.4 is 5.73 Å². The van der Waals surface area contributed by atoms with Gasteiger partial charge in [0.2, 0.25) is 0 Å². The van der Waals surface area contributed by atoms with Crippen LogP contribution in [0.4, 0.5) is 4.79 Å². The Morgan fingerprint density at radius 1 is 1.67 bits per heavy atom. The molecule has 0 aliphatic carbocycles. The molecule has 0 atom stereocenters. The van der Waals surface area contributed by atoms with Crippen molar-refractivity contribution in [2.45, 2.75) is 0 Å². The molecule has 0 bridgehead atoms. The number of amides is 2. The second-order valence-electron chi connectivity index (χ2n) is 1.34. The van der Waals surface area contributed by atoms with Crippen molar-refractivity contribution in [2.24, 2.45) is 5.73 Å². The zero-order valence-corrected chi connectivity index (χ0v) is 5.37. The molecule has 0 aliphatic rings. The van der Waals surface area contributed by atoms with Gasteiger partial charge in [0.1, 0.15) is 0 Å². The Morgan fingerprint density at radius 3 is 1.78 bits per heavy atom. The predicted octanol–water partition coefficient (Wildman–Crippen LogP) is -0.672. The van der Waals surface area contributed by atoms with Gasteiger partial charge in [-0.05, 0) is 0 Å². The minimum absolute atomic E-state index is 0.250. The molecule has 0 unspecified atom stereocenters. The molecule has 0 rings (SSSR count). The van der Waals surface area contributed by atoms with Crippen molar-refractivity contribution in [3.8, 4) is 0 Å². The summed E-state index contributed by atoms with van der Waals surface area (Å²) in [6, 6.07) is -0.407. The van der Waals surface area contributed by atoms with Gasteiger partial charge in [-0.15, -0.1) is 0 Å². The van der Waals surface area contributed by atoms with Crippen LogP contribution in [0.3, 0.4) is 0 Å². The molecule has 3 N–H and O–H groups in total. The van der Waals surface area contributed by atoms with E-state index >= 15 is 0 Å². The highest BCUT2D eigenvalue weighted by molar-refractivity contribution is 5.71. The van der Waals surface area contributed by atoms with E-state index < -0.39 is 6.03 Å². The predicted molar refractivity (Wildman–Crippen MR) is 32.0 cm³/mol. The van der Waals surface area contributed by atoms with E-state index in [1.165, 1.54) is 4.90 Å². The zero-order valence-electron chi connectivity index (χ0n) is 5.37. The molecule has 0 aliphatic heterocycles. The van der Waals surface area contributed by atoms with Crippen molar-refractivity contribution in [2.75, 3.05) is 14.1 Å². The number of carboxylic acid groups (broad SMARTS) is 1. The summed E-state index contributed by atoms with van der Waals surface area (Å²) in [5.41, 5.74) is 4.72. The van der Waals surface area contributed by atoms with Gasteiger partial charge < -0.3 is 15.7 Å². The van der Waals surface area contributed by atoms with Gasteiger partial charge in [0.15, 0.2) is 0 Å². The molecular weight excluding hydrogens is 124 g/mol. The normalized spacial score (nSPS) is 6.44. The number of hydrogen-bond acceptors (Lipinski definition) is 2. The topological polar surface area (TPSA) is 83.6 Å². The fourth-order valence-electron chi connectivity index (χ4n) is 0. The molecule has 0 saturated carbocycles. The number of carbonyl (C=O) groups is 2. The average molecular weight is 134 g/mol. The van der Waals surface area contributed by atoms with Gasteiger partial charge in [-0.3, -0.25) is 4.79 Å². The summed E-state index contributed by atoms with van der Waals surface area (Å²) in [6.45, 7) is -0.250. The van der Waals surface area contributed by atoms with Gasteiger partial charge in [-0.25, -0.2) is 4.79 Å². The lowest BCUT2D eigenvalue weighted by molar-refractivity contribution is -0.122. The Hall–Kier alpha value is -1.26. The highest BCUT2D eigenvalue weighted by atomic mass is 16.3. The Morgan fingerprint density at radius 2 is 1.78 bits per heavy atom. The quantitative estimate of drug-likeness (QED) is 0.431. The van der Waals surface area contributed by atoms with E-state index in [1.54, 1.807) is 14.1 Å². The second-order valence-corrected chi connectivity index (χ2v) is 1.34. The van der Waals surface area contributed by atoms with Crippen molar-refractivity contribution < 1.29 is 14.7 Å². The van der Waals surface area contributed by atoms with Gasteiger partial charge in [-0.1, -0.05) is 0 Å². The fraction of sp³-hybridized carbons (Fsp3) is 0.500. The molecule has 0 aromatic carbocycles. The lowest BCUT2D eigenvalue weighted by atomic mass is 10.9. The van der Waals surface area contributed by atoms with Crippen LogP contribution in [0.5, 0.6) is 0 Å². The van der Waals surface area contributed by atoms with Crippen LogP contribution in [0.25, 0.3) is 0 Å². The smallest absolute Gasteiger partial charge is 0.314 e. The van der Waals surface area contributed by atoms with Crippen LogP contribution in [-0.4, -0.2) is 36.6 Å². The summed E-state index contributed by atoms with van der Waals surface area (Å²) in [6.07, 6.45) is 0. The van der Waals surface area contributed by atoms with Crippen LogP contribution >= 0.6 is 0 Å². The molecule has 0 aromatic heterocycles. The molecule has 2 amide bonds. The van der Waals surface area contributed by atoms with E-state index in [0.29, 0.717) is 0 Å². The highest BCUT2D eigenvalue weighted by Gasteiger charge is 1.88. The maximum Gasteiger partial charge on any atom is 0.314 e. The van der Waals surface area contributed by atoms with E-state index in [-0.39, 0.29) is 6.47 Å². The first-order valence-corrected chi connectivity index (χ1v) is 2.10. The molecule has 0 heterocycles. The Bertz CT molecular complexity index is 91.8. The standard InChI is InChI=1S/C3H8N2O.CH2O2/c1-5(2)3(4)6;2-1-3/h1-2H3,(H2,4,6);1H,(H,2,3). The minimum atomic E-state index is -0.407. The van der Waals surface area contributed by atoms with Gasteiger partial charge in [0, 0.05) is 14.1 Å². The first-order valence-electron chi connectivity index (χ1n) is 2.10. The fourth-order valence-corrected chi connectivity index (χ4v) is 0. The van der Waals surface area contributed by atoms with Gasteiger partial charge in [-0.2, -0.15) is 0 Å². The third kappa shape index (κ3) is 20.2. The van der Waals surface area contributed by atoms with Crippen molar-refractivity contribution in [1.29, 1.82) is 0 Å². The summed E-state index contributed by atoms with van der Waals surface area (Å²) in [4.78, 5) is 19.5. The second kappa shape index (κ2) is 6.74. The number of hydrogen-bond donors (Lipinski definition) is 2. The van der Waals surface area contributed by atoms with Crippen LogP contribution in [-0.2, 0) is 4.79 Å². The van der Waals surface area contributed by atoms with Crippen LogP contribution in [0, 0.1) is 0 Å². The van der Waals surface area contributed by atoms with Crippen molar-refractivity contribution >= 4 is 12.5 Å². The third-order valence-corrected chi connectivity index (χ3v) is 0.441. The summed E-state index contributed by atoms with van der Waals surface area (Å²) in [7, 11) is 3.20. The summed E-state index contributed by atoms with van der Waals surface area (Å²) >= 11 is 0. The van der Waals surface area contributed by atoms with E-state index in [2.05, 4.69) is 0 Å². The first-order chi connectivity index (χ1) is 4.06. The molecule has 9 heavy (non-hydrogen) atoms. The van der Waals surface area contributed by atoms with Crippen molar-refractivity contribution in [3.63, 3.8) is 0 Å². The molecule has 0 fully saturated rings. The number of primary amides is 1. The Kier molecular flexibility index (Phi) is 7.99. The van der Waals surface area contributed by atoms with E-state index in [4.69, 9.17) is 15.6 Å². The lowest BCUT2D eigenvalue weighted by Crippen LogP contribution is -2.27. The Labute approximate surface area is 53.1 Å². The molecule has 0 spiro atoms. The SMILES string of the molecule is CN(C)C(N)=O.O=CO. The third-order valence-electron chi connectivity index (χ3n) is 0.441. The number of rotatable bonds is 0. The summed E-state index contributed by atoms with van der Waals surface area (Å²) < 4.78 is 0. The van der Waals surface area contributed by atoms with Crippen molar-refractivity contribution in [3.05, 3.63) is 0 Å². The van der Waals surface area contributed by atoms with Gasteiger partial charge >= 0.3 is 6.03 Å². The monoisotopic (exact) mass is 134 g/mol. The van der Waals surface area contributed by atoms with Crippen LogP contribution in [0.1, 0.15) is 0 Å².